The first-order valence-electron chi connectivity index (χ1n) is 6.16. The zero-order valence-electron chi connectivity index (χ0n) is 10.6. The molecule has 1 aromatic rings. The van der Waals surface area contributed by atoms with Crippen LogP contribution in [0.15, 0.2) is 24.3 Å². The monoisotopic (exact) mass is 249 g/mol. The first-order valence-corrected chi connectivity index (χ1v) is 6.16. The SMILES string of the molecule is CC(N)c1cccc(NC(=O)N2CCOCC2)c1. The lowest BCUT2D eigenvalue weighted by Crippen LogP contribution is -2.43. The molecule has 0 radical (unpaired) electrons. The van der Waals surface area contributed by atoms with Gasteiger partial charge < -0.3 is 20.7 Å². The Morgan fingerprint density at radius 2 is 2.17 bits per heavy atom. The van der Waals surface area contributed by atoms with Crippen molar-refractivity contribution < 1.29 is 9.53 Å². The summed E-state index contributed by atoms with van der Waals surface area (Å²) in [4.78, 5) is 13.7. The fourth-order valence-corrected chi connectivity index (χ4v) is 1.87. The van der Waals surface area contributed by atoms with Crippen molar-refractivity contribution in [2.45, 2.75) is 13.0 Å². The minimum absolute atomic E-state index is 0.0368. The first-order chi connectivity index (χ1) is 8.66. The molecule has 0 aliphatic carbocycles. The summed E-state index contributed by atoms with van der Waals surface area (Å²) in [5.41, 5.74) is 7.60. The van der Waals surface area contributed by atoms with E-state index in [2.05, 4.69) is 5.32 Å². The molecule has 98 valence electrons. The summed E-state index contributed by atoms with van der Waals surface area (Å²) in [6, 6.07) is 7.50. The summed E-state index contributed by atoms with van der Waals surface area (Å²) in [5, 5.41) is 2.88. The Morgan fingerprint density at radius 3 is 2.83 bits per heavy atom. The van der Waals surface area contributed by atoms with Crippen molar-refractivity contribution in [3.05, 3.63) is 29.8 Å². The number of hydrogen-bond donors (Lipinski definition) is 2. The van der Waals surface area contributed by atoms with Gasteiger partial charge in [0.15, 0.2) is 0 Å². The van der Waals surface area contributed by atoms with Gasteiger partial charge in [0.1, 0.15) is 0 Å². The Labute approximate surface area is 107 Å². The van der Waals surface area contributed by atoms with Gasteiger partial charge in [0.25, 0.3) is 0 Å². The summed E-state index contributed by atoms with van der Waals surface area (Å²) in [6.45, 7) is 4.40. The summed E-state index contributed by atoms with van der Waals surface area (Å²) < 4.78 is 5.21. The average molecular weight is 249 g/mol. The van der Waals surface area contributed by atoms with Crippen LogP contribution >= 0.6 is 0 Å². The normalized spacial score (nSPS) is 17.3. The number of morpholine rings is 1. The molecule has 1 atom stereocenters. The second-order valence-corrected chi connectivity index (χ2v) is 4.44. The van der Waals surface area contributed by atoms with Crippen LogP contribution in [0.1, 0.15) is 18.5 Å². The maximum absolute atomic E-state index is 12.0. The molecular formula is C13H19N3O2. The van der Waals surface area contributed by atoms with Crippen LogP contribution in [0, 0.1) is 0 Å². The number of benzene rings is 1. The van der Waals surface area contributed by atoms with Crippen molar-refractivity contribution >= 4 is 11.7 Å². The lowest BCUT2D eigenvalue weighted by molar-refractivity contribution is 0.0564. The number of urea groups is 1. The molecule has 5 nitrogen and oxygen atoms in total. The molecule has 1 saturated heterocycles. The number of ether oxygens (including phenoxy) is 1. The second-order valence-electron chi connectivity index (χ2n) is 4.44. The molecular weight excluding hydrogens is 230 g/mol. The average Bonchev–Trinajstić information content (AvgIpc) is 2.40. The van der Waals surface area contributed by atoms with Gasteiger partial charge in [0.2, 0.25) is 0 Å². The molecule has 1 heterocycles. The van der Waals surface area contributed by atoms with Gasteiger partial charge in [-0.1, -0.05) is 12.1 Å². The largest absolute Gasteiger partial charge is 0.378 e. The highest BCUT2D eigenvalue weighted by Crippen LogP contribution is 2.16. The number of hydrogen-bond acceptors (Lipinski definition) is 3. The van der Waals surface area contributed by atoms with Crippen LogP contribution in [0.3, 0.4) is 0 Å². The summed E-state index contributed by atoms with van der Waals surface area (Å²) >= 11 is 0. The van der Waals surface area contributed by atoms with Gasteiger partial charge in [0.05, 0.1) is 13.2 Å². The fourth-order valence-electron chi connectivity index (χ4n) is 1.87. The van der Waals surface area contributed by atoms with Gasteiger partial charge in [-0.15, -0.1) is 0 Å². The number of carbonyl (C=O) groups excluding carboxylic acids is 1. The molecule has 0 saturated carbocycles. The number of nitrogens with one attached hydrogen (secondary N) is 1. The predicted molar refractivity (Wildman–Crippen MR) is 70.5 cm³/mol. The van der Waals surface area contributed by atoms with Crippen LogP contribution in [0.4, 0.5) is 10.5 Å². The topological polar surface area (TPSA) is 67.6 Å². The number of carbonyl (C=O) groups is 1. The zero-order valence-corrected chi connectivity index (χ0v) is 10.6. The maximum atomic E-state index is 12.0. The molecule has 0 spiro atoms. The lowest BCUT2D eigenvalue weighted by Gasteiger charge is -2.27. The Morgan fingerprint density at radius 1 is 1.44 bits per heavy atom. The molecule has 3 N–H and O–H groups in total. The molecule has 1 fully saturated rings. The molecule has 1 aliphatic heterocycles. The highest BCUT2D eigenvalue weighted by atomic mass is 16.5. The van der Waals surface area contributed by atoms with Gasteiger partial charge in [-0.2, -0.15) is 0 Å². The van der Waals surface area contributed by atoms with Crippen LogP contribution in [0.2, 0.25) is 0 Å². The van der Waals surface area contributed by atoms with Crippen molar-refractivity contribution in [1.29, 1.82) is 0 Å². The number of anilines is 1. The van der Waals surface area contributed by atoms with E-state index in [1.807, 2.05) is 31.2 Å². The fraction of sp³-hybridized carbons (Fsp3) is 0.462. The zero-order chi connectivity index (χ0) is 13.0. The van der Waals surface area contributed by atoms with Crippen molar-refractivity contribution in [3.63, 3.8) is 0 Å². The molecule has 1 aromatic carbocycles. The number of nitrogens with zero attached hydrogens (tertiary/aromatic N) is 1. The standard InChI is InChI=1S/C13H19N3O2/c1-10(14)11-3-2-4-12(9-11)15-13(17)16-5-7-18-8-6-16/h2-4,9-10H,5-8,14H2,1H3,(H,15,17). The van der Waals surface area contributed by atoms with Crippen molar-refractivity contribution in [3.8, 4) is 0 Å². The third-order valence-corrected chi connectivity index (χ3v) is 2.96. The van der Waals surface area contributed by atoms with E-state index in [-0.39, 0.29) is 12.1 Å². The molecule has 2 amide bonds. The summed E-state index contributed by atoms with van der Waals surface area (Å²) in [7, 11) is 0. The van der Waals surface area contributed by atoms with Gasteiger partial charge in [-0.05, 0) is 24.6 Å². The first kappa shape index (κ1) is 12.9. The summed E-state index contributed by atoms with van der Waals surface area (Å²) in [6.07, 6.45) is 0. The highest BCUT2D eigenvalue weighted by molar-refractivity contribution is 5.89. The number of amides is 2. The smallest absolute Gasteiger partial charge is 0.321 e. The van der Waals surface area contributed by atoms with Crippen LogP contribution in [0.25, 0.3) is 0 Å². The lowest BCUT2D eigenvalue weighted by atomic mass is 10.1. The maximum Gasteiger partial charge on any atom is 0.321 e. The highest BCUT2D eigenvalue weighted by Gasteiger charge is 2.16. The van der Waals surface area contributed by atoms with Crippen LogP contribution in [-0.4, -0.2) is 37.2 Å². The third kappa shape index (κ3) is 3.21. The van der Waals surface area contributed by atoms with Crippen LogP contribution in [0.5, 0.6) is 0 Å². The van der Waals surface area contributed by atoms with E-state index in [0.29, 0.717) is 26.3 Å². The van der Waals surface area contributed by atoms with E-state index in [0.717, 1.165) is 11.3 Å². The van der Waals surface area contributed by atoms with Crippen molar-refractivity contribution in [1.82, 2.24) is 4.90 Å². The Hall–Kier alpha value is -1.59. The van der Waals surface area contributed by atoms with Gasteiger partial charge in [-0.25, -0.2) is 4.79 Å². The van der Waals surface area contributed by atoms with E-state index in [1.165, 1.54) is 0 Å². The van der Waals surface area contributed by atoms with E-state index < -0.39 is 0 Å². The van der Waals surface area contributed by atoms with Gasteiger partial charge in [-0.3, -0.25) is 0 Å². The summed E-state index contributed by atoms with van der Waals surface area (Å²) in [5.74, 6) is 0. The second kappa shape index (κ2) is 5.84. The minimum Gasteiger partial charge on any atom is -0.378 e. The molecule has 18 heavy (non-hydrogen) atoms. The quantitative estimate of drug-likeness (QED) is 0.836. The van der Waals surface area contributed by atoms with E-state index in [1.54, 1.807) is 4.90 Å². The molecule has 5 heteroatoms. The van der Waals surface area contributed by atoms with Gasteiger partial charge >= 0.3 is 6.03 Å². The van der Waals surface area contributed by atoms with Gasteiger partial charge in [0, 0.05) is 24.8 Å². The van der Waals surface area contributed by atoms with Crippen LogP contribution < -0.4 is 11.1 Å². The Kier molecular flexibility index (Phi) is 4.17. The van der Waals surface area contributed by atoms with Crippen molar-refractivity contribution in [2.24, 2.45) is 5.73 Å². The van der Waals surface area contributed by atoms with E-state index in [4.69, 9.17) is 10.5 Å². The molecule has 1 aliphatic rings. The molecule has 0 bridgehead atoms. The van der Waals surface area contributed by atoms with Crippen LogP contribution in [-0.2, 0) is 4.74 Å². The van der Waals surface area contributed by atoms with E-state index in [9.17, 15) is 4.79 Å². The Balaban J connectivity index is 1.99. The number of rotatable bonds is 2. The molecule has 1 unspecified atom stereocenters. The third-order valence-electron chi connectivity index (χ3n) is 2.96. The molecule has 0 aromatic heterocycles. The predicted octanol–water partition coefficient (Wildman–Crippen LogP) is 1.57. The van der Waals surface area contributed by atoms with E-state index >= 15 is 0 Å². The number of nitrogens with two attached hydrogens (primary N) is 1. The Bertz CT molecular complexity index is 414. The van der Waals surface area contributed by atoms with Crippen molar-refractivity contribution in [2.75, 3.05) is 31.6 Å². The molecule has 2 rings (SSSR count). The minimum atomic E-state index is -0.0832.